The quantitative estimate of drug-likeness (QED) is 0.690. The van der Waals surface area contributed by atoms with Crippen molar-refractivity contribution in [3.63, 3.8) is 0 Å². The van der Waals surface area contributed by atoms with E-state index in [1.54, 1.807) is 22.9 Å². The monoisotopic (exact) mass is 224 g/mol. The lowest BCUT2D eigenvalue weighted by Gasteiger charge is -2.22. The first-order chi connectivity index (χ1) is 7.55. The van der Waals surface area contributed by atoms with Crippen molar-refractivity contribution >= 4 is 0 Å². The van der Waals surface area contributed by atoms with E-state index >= 15 is 0 Å². The van der Waals surface area contributed by atoms with Crippen LogP contribution in [-0.2, 0) is 6.54 Å². The molecular formula is C12H20N2O2. The number of nitrogens with one attached hydrogen (secondary N) is 1. The van der Waals surface area contributed by atoms with Crippen molar-refractivity contribution in [2.75, 3.05) is 19.7 Å². The summed E-state index contributed by atoms with van der Waals surface area (Å²) in [4.78, 5) is 11.4. The van der Waals surface area contributed by atoms with Crippen LogP contribution in [0.1, 0.15) is 13.8 Å². The molecule has 1 aromatic rings. The van der Waals surface area contributed by atoms with Crippen molar-refractivity contribution in [2.24, 2.45) is 5.41 Å². The van der Waals surface area contributed by atoms with Gasteiger partial charge in [0.15, 0.2) is 0 Å². The van der Waals surface area contributed by atoms with E-state index in [-0.39, 0.29) is 17.6 Å². The van der Waals surface area contributed by atoms with Crippen LogP contribution in [0.15, 0.2) is 29.2 Å². The normalized spacial score (nSPS) is 11.7. The van der Waals surface area contributed by atoms with Gasteiger partial charge in [0.25, 0.3) is 5.56 Å². The third kappa shape index (κ3) is 4.16. The average Bonchev–Trinajstić information content (AvgIpc) is 2.27. The highest BCUT2D eigenvalue weighted by atomic mass is 16.3. The van der Waals surface area contributed by atoms with E-state index in [2.05, 4.69) is 5.32 Å². The fourth-order valence-electron chi connectivity index (χ4n) is 1.33. The van der Waals surface area contributed by atoms with Gasteiger partial charge in [-0.1, -0.05) is 19.9 Å². The Morgan fingerprint density at radius 1 is 1.44 bits per heavy atom. The van der Waals surface area contributed by atoms with Crippen LogP contribution in [0.2, 0.25) is 0 Å². The van der Waals surface area contributed by atoms with Gasteiger partial charge in [0.05, 0.1) is 0 Å². The van der Waals surface area contributed by atoms with Crippen molar-refractivity contribution in [2.45, 2.75) is 20.4 Å². The Morgan fingerprint density at radius 2 is 2.19 bits per heavy atom. The van der Waals surface area contributed by atoms with Gasteiger partial charge in [-0.05, 0) is 6.07 Å². The Hall–Kier alpha value is -1.13. The van der Waals surface area contributed by atoms with Crippen LogP contribution in [0.5, 0.6) is 0 Å². The van der Waals surface area contributed by atoms with Gasteiger partial charge in [-0.25, -0.2) is 0 Å². The zero-order valence-electron chi connectivity index (χ0n) is 9.94. The maximum Gasteiger partial charge on any atom is 0.250 e. The van der Waals surface area contributed by atoms with E-state index in [1.807, 2.05) is 19.9 Å². The summed E-state index contributed by atoms with van der Waals surface area (Å²) < 4.78 is 1.67. The smallest absolute Gasteiger partial charge is 0.250 e. The maximum atomic E-state index is 11.4. The number of rotatable bonds is 6. The van der Waals surface area contributed by atoms with E-state index in [4.69, 9.17) is 5.11 Å². The van der Waals surface area contributed by atoms with Gasteiger partial charge in [0, 0.05) is 43.9 Å². The highest BCUT2D eigenvalue weighted by Crippen LogP contribution is 2.10. The van der Waals surface area contributed by atoms with Crippen LogP contribution in [0, 0.1) is 5.41 Å². The maximum absolute atomic E-state index is 11.4. The first kappa shape index (κ1) is 12.9. The molecule has 4 nitrogen and oxygen atoms in total. The van der Waals surface area contributed by atoms with Crippen molar-refractivity contribution in [1.82, 2.24) is 9.88 Å². The largest absolute Gasteiger partial charge is 0.396 e. The molecule has 0 aromatic carbocycles. The van der Waals surface area contributed by atoms with Gasteiger partial charge in [-0.3, -0.25) is 4.79 Å². The van der Waals surface area contributed by atoms with Crippen molar-refractivity contribution in [3.8, 4) is 0 Å². The Bertz CT molecular complexity index is 371. The van der Waals surface area contributed by atoms with Crippen LogP contribution in [0.25, 0.3) is 0 Å². The minimum absolute atomic E-state index is 0.0192. The lowest BCUT2D eigenvalue weighted by Crippen LogP contribution is -2.35. The molecule has 0 fully saturated rings. The molecule has 90 valence electrons. The van der Waals surface area contributed by atoms with Gasteiger partial charge in [-0.15, -0.1) is 0 Å². The summed E-state index contributed by atoms with van der Waals surface area (Å²) in [6.07, 6.45) is 1.78. The minimum atomic E-state index is -0.109. The summed E-state index contributed by atoms with van der Waals surface area (Å²) in [5.41, 5.74) is -0.0903. The number of hydrogen-bond donors (Lipinski definition) is 2. The van der Waals surface area contributed by atoms with Crippen molar-refractivity contribution < 1.29 is 5.11 Å². The Kier molecular flexibility index (Phi) is 4.71. The van der Waals surface area contributed by atoms with E-state index in [1.165, 1.54) is 0 Å². The molecule has 16 heavy (non-hydrogen) atoms. The number of nitrogens with zero attached hydrogens (tertiary/aromatic N) is 1. The molecule has 0 saturated carbocycles. The van der Waals surface area contributed by atoms with Crippen LogP contribution >= 0.6 is 0 Å². The second-order valence-electron chi connectivity index (χ2n) is 4.73. The predicted octanol–water partition coefficient (Wildman–Crippen LogP) is 0.456. The summed E-state index contributed by atoms with van der Waals surface area (Å²) in [5.74, 6) is 0. The Balaban J connectivity index is 2.32. The molecule has 1 heterocycles. The molecule has 1 aromatic heterocycles. The van der Waals surface area contributed by atoms with E-state index < -0.39 is 0 Å². The van der Waals surface area contributed by atoms with Crippen LogP contribution in [0.4, 0.5) is 0 Å². The number of pyridine rings is 1. The molecule has 0 atom stereocenters. The molecule has 0 aliphatic heterocycles. The second kappa shape index (κ2) is 5.82. The highest BCUT2D eigenvalue weighted by Gasteiger charge is 2.14. The number of hydrogen-bond acceptors (Lipinski definition) is 3. The molecular weight excluding hydrogens is 204 g/mol. The summed E-state index contributed by atoms with van der Waals surface area (Å²) in [5, 5.41) is 12.3. The fourth-order valence-corrected chi connectivity index (χ4v) is 1.33. The molecule has 2 N–H and O–H groups in total. The lowest BCUT2D eigenvalue weighted by atomic mass is 9.95. The van der Waals surface area contributed by atoms with Gasteiger partial charge in [0.1, 0.15) is 0 Å². The first-order valence-electron chi connectivity index (χ1n) is 5.52. The molecule has 0 spiro atoms. The second-order valence-corrected chi connectivity index (χ2v) is 4.73. The predicted molar refractivity (Wildman–Crippen MR) is 64.4 cm³/mol. The van der Waals surface area contributed by atoms with Gasteiger partial charge < -0.3 is 15.0 Å². The molecule has 0 unspecified atom stereocenters. The topological polar surface area (TPSA) is 54.3 Å². The molecule has 0 radical (unpaired) electrons. The highest BCUT2D eigenvalue weighted by molar-refractivity contribution is 4.93. The summed E-state index contributed by atoms with van der Waals surface area (Å²) >= 11 is 0. The van der Waals surface area contributed by atoms with Crippen molar-refractivity contribution in [3.05, 3.63) is 34.7 Å². The van der Waals surface area contributed by atoms with Gasteiger partial charge >= 0.3 is 0 Å². The summed E-state index contributed by atoms with van der Waals surface area (Å²) in [6, 6.07) is 5.14. The third-order valence-electron chi connectivity index (χ3n) is 2.46. The molecule has 0 aliphatic carbocycles. The molecule has 0 aliphatic rings. The summed E-state index contributed by atoms with van der Waals surface area (Å²) in [6.45, 7) is 6.27. The SMILES string of the molecule is CC(C)(CO)CNCCn1ccccc1=O. The van der Waals surface area contributed by atoms with Gasteiger partial charge in [0.2, 0.25) is 0 Å². The fraction of sp³-hybridized carbons (Fsp3) is 0.583. The zero-order valence-corrected chi connectivity index (χ0v) is 9.94. The van der Waals surface area contributed by atoms with Gasteiger partial charge in [-0.2, -0.15) is 0 Å². The third-order valence-corrected chi connectivity index (χ3v) is 2.46. The Morgan fingerprint density at radius 3 is 2.81 bits per heavy atom. The first-order valence-corrected chi connectivity index (χ1v) is 5.52. The van der Waals surface area contributed by atoms with E-state index in [0.29, 0.717) is 6.54 Å². The number of aliphatic hydroxyl groups excluding tert-OH is 1. The Labute approximate surface area is 95.9 Å². The molecule has 0 bridgehead atoms. The van der Waals surface area contributed by atoms with Crippen molar-refractivity contribution in [1.29, 1.82) is 0 Å². The number of aliphatic hydroxyl groups is 1. The molecule has 1 rings (SSSR count). The zero-order chi connectivity index (χ0) is 12.0. The van der Waals surface area contributed by atoms with Crippen LogP contribution < -0.4 is 10.9 Å². The van der Waals surface area contributed by atoms with E-state index in [0.717, 1.165) is 13.1 Å². The average molecular weight is 224 g/mol. The summed E-state index contributed by atoms with van der Waals surface area (Å²) in [7, 11) is 0. The number of aromatic nitrogens is 1. The van der Waals surface area contributed by atoms with E-state index in [9.17, 15) is 4.79 Å². The van der Waals surface area contributed by atoms with Crippen LogP contribution in [-0.4, -0.2) is 29.4 Å². The molecule has 0 saturated heterocycles. The molecule has 0 amide bonds. The minimum Gasteiger partial charge on any atom is -0.396 e. The molecule has 4 heteroatoms. The lowest BCUT2D eigenvalue weighted by molar-refractivity contribution is 0.157. The standard InChI is InChI=1S/C12H20N2O2/c1-12(2,10-15)9-13-6-8-14-7-4-3-5-11(14)16/h3-5,7,13,15H,6,8-10H2,1-2H3. The van der Waals surface area contributed by atoms with Crippen LogP contribution in [0.3, 0.4) is 0 Å².